The van der Waals surface area contributed by atoms with E-state index in [4.69, 9.17) is 9.84 Å². The number of amides is 1. The maximum Gasteiger partial charge on any atom is 0.340 e. The van der Waals surface area contributed by atoms with E-state index < -0.39 is 5.97 Å². The fraction of sp³-hybridized carbons (Fsp3) is 0.143. The molecule has 0 spiro atoms. The van der Waals surface area contributed by atoms with Gasteiger partial charge in [0.2, 0.25) is 5.91 Å². The largest absolute Gasteiger partial charge is 0.478 e. The van der Waals surface area contributed by atoms with Crippen LogP contribution in [0.5, 0.6) is 11.5 Å². The molecule has 1 aromatic carbocycles. The quantitative estimate of drug-likeness (QED) is 0.904. The van der Waals surface area contributed by atoms with Gasteiger partial charge in [-0.3, -0.25) is 4.79 Å². The minimum Gasteiger partial charge on any atom is -0.478 e. The Hall–Kier alpha value is -2.34. The number of carbonyl (C=O) groups is 2. The predicted molar refractivity (Wildman–Crippen MR) is 76.8 cm³/mol. The zero-order valence-electron chi connectivity index (χ0n) is 11.0. The van der Waals surface area contributed by atoms with Gasteiger partial charge in [-0.15, -0.1) is 11.3 Å². The summed E-state index contributed by atoms with van der Waals surface area (Å²) in [5, 5.41) is 14.8. The molecule has 104 valence electrons. The molecule has 0 saturated carbocycles. The van der Waals surface area contributed by atoms with Crippen molar-refractivity contribution in [1.82, 2.24) is 0 Å². The van der Waals surface area contributed by atoms with Gasteiger partial charge in [-0.05, 0) is 24.6 Å². The van der Waals surface area contributed by atoms with Crippen LogP contribution in [0.2, 0.25) is 0 Å². The predicted octanol–water partition coefficient (Wildman–Crippen LogP) is 3.51. The van der Waals surface area contributed by atoms with Crippen LogP contribution in [0.4, 0.5) is 5.69 Å². The van der Waals surface area contributed by atoms with Crippen LogP contribution >= 0.6 is 11.3 Å². The number of rotatable bonds is 4. The highest BCUT2D eigenvalue weighted by atomic mass is 32.1. The highest BCUT2D eigenvalue weighted by Gasteiger charge is 2.15. The van der Waals surface area contributed by atoms with Crippen LogP contribution in [0.25, 0.3) is 0 Å². The Morgan fingerprint density at radius 1 is 1.25 bits per heavy atom. The van der Waals surface area contributed by atoms with Crippen LogP contribution in [-0.2, 0) is 4.79 Å². The first-order valence-corrected chi connectivity index (χ1v) is 6.77. The zero-order chi connectivity index (χ0) is 14.7. The van der Waals surface area contributed by atoms with E-state index in [0.29, 0.717) is 11.4 Å². The summed E-state index contributed by atoms with van der Waals surface area (Å²) in [5.41, 5.74) is 1.58. The van der Waals surface area contributed by atoms with Crippen LogP contribution < -0.4 is 10.1 Å². The number of ether oxygens (including phenoxy) is 1. The molecule has 0 aliphatic rings. The van der Waals surface area contributed by atoms with E-state index in [9.17, 15) is 9.59 Å². The highest BCUT2D eigenvalue weighted by molar-refractivity contribution is 7.08. The first kappa shape index (κ1) is 14.1. The van der Waals surface area contributed by atoms with Crippen molar-refractivity contribution in [2.45, 2.75) is 13.8 Å². The van der Waals surface area contributed by atoms with Crippen molar-refractivity contribution >= 4 is 28.9 Å². The Labute approximate surface area is 119 Å². The van der Waals surface area contributed by atoms with Crippen LogP contribution in [0.15, 0.2) is 29.0 Å². The second-order valence-corrected chi connectivity index (χ2v) is 4.98. The zero-order valence-corrected chi connectivity index (χ0v) is 11.8. The van der Waals surface area contributed by atoms with E-state index in [0.717, 1.165) is 5.56 Å². The van der Waals surface area contributed by atoms with Crippen LogP contribution in [-0.4, -0.2) is 17.0 Å². The molecule has 1 aromatic heterocycles. The Kier molecular flexibility index (Phi) is 4.05. The molecule has 0 fully saturated rings. The Balaban J connectivity index is 2.35. The molecule has 0 saturated heterocycles. The first-order chi connectivity index (χ1) is 9.47. The number of carboxylic acids is 1. The summed E-state index contributed by atoms with van der Waals surface area (Å²) in [6, 6.07) is 5.29. The molecule has 2 N–H and O–H groups in total. The number of anilines is 1. The van der Waals surface area contributed by atoms with Crippen molar-refractivity contribution in [2.24, 2.45) is 0 Å². The molecule has 6 heteroatoms. The summed E-state index contributed by atoms with van der Waals surface area (Å²) in [6.07, 6.45) is 0. The van der Waals surface area contributed by atoms with Crippen LogP contribution in [0.1, 0.15) is 22.8 Å². The van der Waals surface area contributed by atoms with Crippen molar-refractivity contribution in [1.29, 1.82) is 0 Å². The maximum atomic E-state index is 11.2. The number of aryl methyl sites for hydroxylation is 1. The van der Waals surface area contributed by atoms with Crippen molar-refractivity contribution in [3.05, 3.63) is 40.1 Å². The summed E-state index contributed by atoms with van der Waals surface area (Å²) < 4.78 is 5.61. The Morgan fingerprint density at radius 3 is 2.65 bits per heavy atom. The molecule has 0 aliphatic carbocycles. The second kappa shape index (κ2) is 5.75. The third-order valence-corrected chi connectivity index (χ3v) is 3.24. The van der Waals surface area contributed by atoms with E-state index in [1.165, 1.54) is 23.6 Å². The lowest BCUT2D eigenvalue weighted by Crippen LogP contribution is -2.07. The number of aromatic carboxylic acids is 1. The molecule has 0 aliphatic heterocycles. The average molecular weight is 291 g/mol. The van der Waals surface area contributed by atoms with Gasteiger partial charge < -0.3 is 15.2 Å². The molecule has 2 rings (SSSR count). The third-order valence-electron chi connectivity index (χ3n) is 2.52. The summed E-state index contributed by atoms with van der Waals surface area (Å²) in [4.78, 5) is 22.2. The number of carbonyl (C=O) groups excluding carboxylic acids is 1. The SMILES string of the molecule is CC(=O)Nc1cc(C)ccc1Oc1cscc1C(=O)O. The molecular formula is C14H13NO4S. The minimum absolute atomic E-state index is 0.101. The number of hydrogen-bond donors (Lipinski definition) is 2. The normalized spacial score (nSPS) is 10.1. The van der Waals surface area contributed by atoms with Gasteiger partial charge in [-0.1, -0.05) is 6.07 Å². The monoisotopic (exact) mass is 291 g/mol. The standard InChI is InChI=1S/C14H13NO4S/c1-8-3-4-12(11(5-8)15-9(2)16)19-13-7-20-6-10(13)14(17)18/h3-7H,1-2H3,(H,15,16)(H,17,18). The lowest BCUT2D eigenvalue weighted by atomic mass is 10.2. The third kappa shape index (κ3) is 3.16. The van der Waals surface area contributed by atoms with Gasteiger partial charge in [0.1, 0.15) is 5.56 Å². The molecule has 20 heavy (non-hydrogen) atoms. The lowest BCUT2D eigenvalue weighted by molar-refractivity contribution is -0.114. The highest BCUT2D eigenvalue weighted by Crippen LogP contribution is 2.34. The second-order valence-electron chi connectivity index (χ2n) is 4.24. The van der Waals surface area contributed by atoms with E-state index in [2.05, 4.69) is 5.32 Å². The number of thiophene rings is 1. The summed E-state index contributed by atoms with van der Waals surface area (Å²) in [5.74, 6) is -0.594. The molecule has 1 amide bonds. The smallest absolute Gasteiger partial charge is 0.340 e. The molecule has 5 nitrogen and oxygen atoms in total. The Morgan fingerprint density at radius 2 is 2.00 bits per heavy atom. The van der Waals surface area contributed by atoms with Gasteiger partial charge in [-0.25, -0.2) is 4.79 Å². The summed E-state index contributed by atoms with van der Waals surface area (Å²) in [6.45, 7) is 3.29. The number of benzene rings is 1. The fourth-order valence-corrected chi connectivity index (χ4v) is 2.38. The summed E-state index contributed by atoms with van der Waals surface area (Å²) in [7, 11) is 0. The summed E-state index contributed by atoms with van der Waals surface area (Å²) >= 11 is 1.24. The molecule has 0 bridgehead atoms. The lowest BCUT2D eigenvalue weighted by Gasteiger charge is -2.12. The van der Waals surface area contributed by atoms with Gasteiger partial charge in [0.05, 0.1) is 5.69 Å². The van der Waals surface area contributed by atoms with Crippen molar-refractivity contribution < 1.29 is 19.4 Å². The average Bonchev–Trinajstić information content (AvgIpc) is 2.80. The topological polar surface area (TPSA) is 75.6 Å². The van der Waals surface area contributed by atoms with Gasteiger partial charge in [0.25, 0.3) is 0 Å². The van der Waals surface area contributed by atoms with E-state index in [1.807, 2.05) is 13.0 Å². The van der Waals surface area contributed by atoms with Gasteiger partial charge in [-0.2, -0.15) is 0 Å². The molecule has 1 heterocycles. The molecule has 0 unspecified atom stereocenters. The number of carboxylic acid groups (broad SMARTS) is 1. The van der Waals surface area contributed by atoms with Crippen molar-refractivity contribution in [3.8, 4) is 11.5 Å². The number of nitrogens with one attached hydrogen (secondary N) is 1. The molecule has 0 radical (unpaired) electrons. The molecule has 2 aromatic rings. The van der Waals surface area contributed by atoms with E-state index >= 15 is 0 Å². The van der Waals surface area contributed by atoms with E-state index in [1.54, 1.807) is 17.5 Å². The van der Waals surface area contributed by atoms with Crippen molar-refractivity contribution in [3.63, 3.8) is 0 Å². The fourth-order valence-electron chi connectivity index (χ4n) is 1.66. The van der Waals surface area contributed by atoms with E-state index in [-0.39, 0.29) is 17.2 Å². The van der Waals surface area contributed by atoms with Crippen LogP contribution in [0.3, 0.4) is 0 Å². The van der Waals surface area contributed by atoms with Gasteiger partial charge >= 0.3 is 5.97 Å². The van der Waals surface area contributed by atoms with Crippen molar-refractivity contribution in [2.75, 3.05) is 5.32 Å². The van der Waals surface area contributed by atoms with Gasteiger partial charge in [0.15, 0.2) is 11.5 Å². The molecule has 0 atom stereocenters. The first-order valence-electron chi connectivity index (χ1n) is 5.83. The maximum absolute atomic E-state index is 11.2. The Bertz CT molecular complexity index is 663. The van der Waals surface area contributed by atoms with Crippen LogP contribution in [0, 0.1) is 6.92 Å². The van der Waals surface area contributed by atoms with Gasteiger partial charge in [0, 0.05) is 17.7 Å². The number of hydrogen-bond acceptors (Lipinski definition) is 4. The molecular weight excluding hydrogens is 278 g/mol. The minimum atomic E-state index is -1.05.